The quantitative estimate of drug-likeness (QED) is 0.0481. The van der Waals surface area contributed by atoms with Gasteiger partial charge in [0.2, 0.25) is 0 Å². The van der Waals surface area contributed by atoms with Crippen LogP contribution in [-0.2, 0) is 33.8 Å². The Hall–Kier alpha value is -5.09. The van der Waals surface area contributed by atoms with Gasteiger partial charge in [-0.25, -0.2) is 37.5 Å². The van der Waals surface area contributed by atoms with Crippen molar-refractivity contribution in [2.75, 3.05) is 16.9 Å². The number of amides is 2. The molecule has 1 saturated heterocycles. The number of carbonyl (C=O) groups is 2. The molecule has 3 aromatic heterocycles. The van der Waals surface area contributed by atoms with E-state index in [0.29, 0.717) is 34.5 Å². The van der Waals surface area contributed by atoms with Crippen LogP contribution in [0.4, 0.5) is 26.8 Å². The van der Waals surface area contributed by atoms with Gasteiger partial charge in [-0.05, 0) is 141 Å². The molecule has 74 heavy (non-hydrogen) atoms. The average molecular weight is 1090 g/mol. The summed E-state index contributed by atoms with van der Waals surface area (Å²) in [4.78, 5) is 44.4. The molecule has 5 aromatic rings. The van der Waals surface area contributed by atoms with Gasteiger partial charge in [-0.15, -0.1) is 22.7 Å². The van der Waals surface area contributed by atoms with E-state index in [1.54, 1.807) is 22.7 Å². The summed E-state index contributed by atoms with van der Waals surface area (Å²) in [5, 5.41) is 20.6. The molecule has 2 aromatic carbocycles. The molecule has 4 heterocycles. The highest BCUT2D eigenvalue weighted by Crippen LogP contribution is 2.46. The second-order valence-electron chi connectivity index (χ2n) is 21.6. The number of anilines is 3. The number of aromatic nitrogens is 4. The highest BCUT2D eigenvalue weighted by molar-refractivity contribution is 7.93. The summed E-state index contributed by atoms with van der Waals surface area (Å²) in [6, 6.07) is 13.7. The molecule has 21 heteroatoms. The predicted octanol–water partition coefficient (Wildman–Crippen LogP) is 12.3. The van der Waals surface area contributed by atoms with Gasteiger partial charge in [0.15, 0.2) is 5.82 Å². The van der Waals surface area contributed by atoms with Crippen molar-refractivity contribution in [2.24, 2.45) is 0 Å². The van der Waals surface area contributed by atoms with E-state index < -0.39 is 31.7 Å². The summed E-state index contributed by atoms with van der Waals surface area (Å²) < 4.78 is 57.5. The van der Waals surface area contributed by atoms with Crippen molar-refractivity contribution in [3.05, 3.63) is 70.6 Å². The Morgan fingerprint density at radius 3 is 1.81 bits per heavy atom. The lowest BCUT2D eigenvalue weighted by atomic mass is 9.86. The number of hydroxylamine groups is 1. The number of thiazole rings is 2. The third-order valence-electron chi connectivity index (χ3n) is 15.3. The van der Waals surface area contributed by atoms with Crippen molar-refractivity contribution in [2.45, 2.75) is 192 Å². The first-order valence-electron chi connectivity index (χ1n) is 26.6. The molecule has 396 valence electrons. The number of aromatic amines is 1. The largest absolute Gasteiger partial charge is 0.447 e. The first-order valence-corrected chi connectivity index (χ1v) is 31.5. The molecule has 2 amide bonds. The smallest absolute Gasteiger partial charge is 0.407 e. The predicted molar refractivity (Wildman–Crippen MR) is 289 cm³/mol. The van der Waals surface area contributed by atoms with Crippen LogP contribution in [0, 0.1) is 9.56 Å². The van der Waals surface area contributed by atoms with Gasteiger partial charge in [0.25, 0.3) is 0 Å². The van der Waals surface area contributed by atoms with E-state index in [1.165, 1.54) is 12.8 Å². The van der Waals surface area contributed by atoms with E-state index in [-0.39, 0.29) is 52.7 Å². The van der Waals surface area contributed by atoms with Crippen LogP contribution in [-0.4, -0.2) is 88.2 Å². The van der Waals surface area contributed by atoms with Crippen LogP contribution in [0.1, 0.15) is 157 Å². The molecular weight excluding hydrogens is 1020 g/mol. The number of nitrogens with one attached hydrogen (secondary N) is 6. The van der Waals surface area contributed by atoms with Gasteiger partial charge in [0.05, 0.1) is 66.9 Å². The summed E-state index contributed by atoms with van der Waals surface area (Å²) >= 11 is 3.21. The van der Waals surface area contributed by atoms with Crippen molar-refractivity contribution in [3.8, 4) is 20.9 Å². The van der Waals surface area contributed by atoms with Gasteiger partial charge in [-0.3, -0.25) is 15.0 Å². The molecule has 6 N–H and O–H groups in total. The Balaban J connectivity index is 0.658. The molecule has 4 atom stereocenters. The standard InChI is InChI=1S/C53H68N10O7S4/c1-30(2)68-52(64)59-35-10-6-33(7-11-35)51-57-29-46(72-51)43-21-15-38(26-48(43)74(55,67)41-18-19-41)63-23-22-39(70-63)24-31(3)69-53(65)60-36-12-8-34(9-13-36)50-56-28-45(71-50)42-20-14-37(25-47(42)73(54,66)40-16-17-40)58-49-27-44(61-62-49)32-4-5-32/h14-15,20-21,25-36,39-41,54-55H,4-13,16-19,22-24H2,1-3H3,(H,59,64)(H,60,65)(H2,58,61,62). The summed E-state index contributed by atoms with van der Waals surface area (Å²) in [6.45, 7) is 6.17. The zero-order valence-corrected chi connectivity index (χ0v) is 45.5. The van der Waals surface area contributed by atoms with Crippen molar-refractivity contribution in [1.82, 2.24) is 30.8 Å². The molecule has 5 aliphatic carbocycles. The van der Waals surface area contributed by atoms with Crippen molar-refractivity contribution in [1.29, 1.82) is 9.56 Å². The van der Waals surface area contributed by atoms with E-state index in [4.69, 9.17) is 33.8 Å². The maximum Gasteiger partial charge on any atom is 0.407 e. The van der Waals surface area contributed by atoms with Crippen LogP contribution in [0.25, 0.3) is 20.9 Å². The first kappa shape index (κ1) is 51.0. The number of H-pyrrole nitrogens is 1. The zero-order chi connectivity index (χ0) is 51.3. The Morgan fingerprint density at radius 2 is 1.26 bits per heavy atom. The van der Waals surface area contributed by atoms with Crippen LogP contribution in [0.5, 0.6) is 0 Å². The van der Waals surface area contributed by atoms with Crippen LogP contribution < -0.4 is 21.0 Å². The highest BCUT2D eigenvalue weighted by atomic mass is 32.2. The van der Waals surface area contributed by atoms with E-state index in [9.17, 15) is 18.0 Å². The Labute approximate surface area is 442 Å². The van der Waals surface area contributed by atoms with Crippen molar-refractivity contribution < 1.29 is 32.3 Å². The minimum Gasteiger partial charge on any atom is -0.447 e. The van der Waals surface area contributed by atoms with Gasteiger partial charge >= 0.3 is 12.2 Å². The molecule has 6 aliphatic rings. The number of carbonyl (C=O) groups excluding carboxylic acids is 2. The first-order chi connectivity index (χ1) is 35.6. The lowest BCUT2D eigenvalue weighted by Crippen LogP contribution is -2.39. The zero-order valence-electron chi connectivity index (χ0n) is 42.3. The van der Waals surface area contributed by atoms with E-state index >= 15 is 0 Å². The SMILES string of the molecule is CC(C)OC(=O)NC1CCC(c2ncc(-c3ccc(N4CCC(CC(C)OC(=O)NC5CCC(c6ncc(-c7ccc(Nc8cc(C9CC9)[nH]n8)cc7S(=N)(=O)C7CC7)s6)CC5)O4)cc3S(=N)(=O)C3CC3)s2)CC1. The van der Waals surface area contributed by atoms with Crippen molar-refractivity contribution >= 4 is 71.5 Å². The third kappa shape index (κ3) is 11.7. The fourth-order valence-electron chi connectivity index (χ4n) is 10.8. The van der Waals surface area contributed by atoms with Gasteiger partial charge < -0.3 is 25.4 Å². The normalized spacial score (nSPS) is 25.2. The van der Waals surface area contributed by atoms with E-state index in [0.717, 1.165) is 131 Å². The van der Waals surface area contributed by atoms with Crippen LogP contribution >= 0.6 is 22.7 Å². The molecule has 0 bridgehead atoms. The van der Waals surface area contributed by atoms with Gasteiger partial charge in [0.1, 0.15) is 6.10 Å². The second-order valence-corrected chi connectivity index (χ2v) is 28.4. The van der Waals surface area contributed by atoms with Crippen LogP contribution in [0.3, 0.4) is 0 Å². The number of benzene rings is 2. The van der Waals surface area contributed by atoms with Gasteiger partial charge in [-0.1, -0.05) is 12.1 Å². The molecule has 4 unspecified atom stereocenters. The summed E-state index contributed by atoms with van der Waals surface area (Å²) in [6.07, 6.45) is 15.7. The molecule has 0 spiro atoms. The fourth-order valence-corrected chi connectivity index (χ4v) is 17.1. The Bertz CT molecular complexity index is 3070. The summed E-state index contributed by atoms with van der Waals surface area (Å²) in [5.41, 5.74) is 4.23. The second kappa shape index (κ2) is 21.1. The number of hydrogen-bond donors (Lipinski definition) is 6. The minimum atomic E-state index is -3.08. The molecule has 11 rings (SSSR count). The summed E-state index contributed by atoms with van der Waals surface area (Å²) in [7, 11) is -6.10. The number of rotatable bonds is 18. The maximum absolute atomic E-state index is 14.2. The average Bonchev–Trinajstić information content (AvgIpc) is 4.35. The summed E-state index contributed by atoms with van der Waals surface area (Å²) in [5.74, 6) is 1.77. The molecule has 6 fully saturated rings. The van der Waals surface area contributed by atoms with Crippen LogP contribution in [0.15, 0.2) is 64.6 Å². The fraction of sp³-hybridized carbons (Fsp3) is 0.566. The van der Waals surface area contributed by atoms with E-state index in [1.807, 2.05) is 80.7 Å². The monoisotopic (exact) mass is 1080 g/mol. The maximum atomic E-state index is 14.2. The number of hydrogen-bond acceptors (Lipinski definition) is 16. The Morgan fingerprint density at radius 1 is 0.716 bits per heavy atom. The van der Waals surface area contributed by atoms with Gasteiger partial charge in [0, 0.05) is 94.3 Å². The topological polar surface area (TPSA) is 237 Å². The highest BCUT2D eigenvalue weighted by Gasteiger charge is 2.39. The number of ether oxygens (including phenoxy) is 2. The lowest BCUT2D eigenvalue weighted by molar-refractivity contribution is 0.0331. The minimum absolute atomic E-state index is 0.0147. The molecular formula is C53H68N10O7S4. The number of nitrogens with zero attached hydrogens (tertiary/aromatic N) is 4. The number of alkyl carbamates (subject to hydrolysis) is 2. The molecule has 5 saturated carbocycles. The Kier molecular flexibility index (Phi) is 14.6. The molecule has 1 aliphatic heterocycles. The van der Waals surface area contributed by atoms with E-state index in [2.05, 4.69) is 26.1 Å². The molecule has 0 radical (unpaired) electrons. The van der Waals surface area contributed by atoms with Gasteiger partial charge in [-0.2, -0.15) is 5.10 Å². The third-order valence-corrected chi connectivity index (χ3v) is 22.5. The van der Waals surface area contributed by atoms with Crippen LogP contribution in [0.2, 0.25) is 0 Å². The molecule has 17 nitrogen and oxygen atoms in total. The lowest BCUT2D eigenvalue weighted by Gasteiger charge is -2.28. The van der Waals surface area contributed by atoms with Crippen molar-refractivity contribution in [3.63, 3.8) is 0 Å².